The lowest BCUT2D eigenvalue weighted by Crippen LogP contribution is -2.26. The lowest BCUT2D eigenvalue weighted by molar-refractivity contribution is 0.0952. The molecule has 0 aliphatic rings. The molecule has 160 valence electrons. The van der Waals surface area contributed by atoms with E-state index in [0.717, 1.165) is 40.7 Å². The van der Waals surface area contributed by atoms with Gasteiger partial charge in [0, 0.05) is 24.4 Å². The van der Waals surface area contributed by atoms with Gasteiger partial charge in [0.05, 0.1) is 17.4 Å². The molecular formula is C25H22N4O2S. The van der Waals surface area contributed by atoms with Crippen LogP contribution in [0.3, 0.4) is 0 Å². The number of fused-ring (bicyclic) bond motifs is 2. The first-order valence-electron chi connectivity index (χ1n) is 10.5. The number of oxazole rings is 1. The van der Waals surface area contributed by atoms with E-state index in [1.165, 1.54) is 11.8 Å². The topological polar surface area (TPSA) is 73.0 Å². The minimum atomic E-state index is -0.0609. The Morgan fingerprint density at radius 3 is 2.66 bits per heavy atom. The Morgan fingerprint density at radius 1 is 0.969 bits per heavy atom. The molecule has 32 heavy (non-hydrogen) atoms. The number of carbonyl (C=O) groups excluding carboxylic acids is 1. The quantitative estimate of drug-likeness (QED) is 0.261. The van der Waals surface area contributed by atoms with Crippen molar-refractivity contribution in [2.24, 2.45) is 0 Å². The van der Waals surface area contributed by atoms with Gasteiger partial charge in [-0.3, -0.25) is 4.79 Å². The highest BCUT2D eigenvalue weighted by Crippen LogP contribution is 2.27. The van der Waals surface area contributed by atoms with Crippen molar-refractivity contribution in [3.05, 3.63) is 90.3 Å². The Morgan fingerprint density at radius 2 is 1.75 bits per heavy atom. The van der Waals surface area contributed by atoms with Gasteiger partial charge in [0.25, 0.3) is 11.1 Å². The van der Waals surface area contributed by atoms with Crippen LogP contribution in [0.2, 0.25) is 0 Å². The molecule has 2 heterocycles. The third-order valence-electron chi connectivity index (χ3n) is 5.28. The maximum Gasteiger partial charge on any atom is 0.257 e. The molecular weight excluding hydrogens is 420 g/mol. The molecule has 0 radical (unpaired) electrons. The summed E-state index contributed by atoms with van der Waals surface area (Å²) in [6, 6.07) is 23.4. The van der Waals surface area contributed by atoms with Gasteiger partial charge in [0.1, 0.15) is 5.52 Å². The van der Waals surface area contributed by atoms with E-state index in [1.54, 1.807) is 0 Å². The summed E-state index contributed by atoms with van der Waals surface area (Å²) in [4.78, 5) is 21.7. The van der Waals surface area contributed by atoms with Crippen LogP contribution in [0.4, 0.5) is 0 Å². The Kier molecular flexibility index (Phi) is 5.89. The molecule has 0 unspecified atom stereocenters. The summed E-state index contributed by atoms with van der Waals surface area (Å²) in [5.74, 6) is 0.548. The van der Waals surface area contributed by atoms with Crippen LogP contribution in [0, 0.1) is 0 Å². The van der Waals surface area contributed by atoms with E-state index in [4.69, 9.17) is 4.42 Å². The third-order valence-corrected chi connectivity index (χ3v) is 6.15. The summed E-state index contributed by atoms with van der Waals surface area (Å²) < 4.78 is 7.90. The van der Waals surface area contributed by atoms with Crippen molar-refractivity contribution in [2.75, 3.05) is 6.54 Å². The molecule has 5 aromatic rings. The van der Waals surface area contributed by atoms with E-state index >= 15 is 0 Å². The Labute approximate surface area is 189 Å². The average Bonchev–Trinajstić information content (AvgIpc) is 3.44. The number of aromatic nitrogens is 3. The number of amides is 1. The Bertz CT molecular complexity index is 1340. The van der Waals surface area contributed by atoms with Crippen molar-refractivity contribution >= 4 is 39.8 Å². The minimum Gasteiger partial charge on any atom is -0.431 e. The summed E-state index contributed by atoms with van der Waals surface area (Å²) in [6.07, 6.45) is 2.68. The van der Waals surface area contributed by atoms with Gasteiger partial charge in [-0.15, -0.1) is 0 Å². The molecule has 0 fully saturated rings. The van der Waals surface area contributed by atoms with Gasteiger partial charge in [0.15, 0.2) is 5.58 Å². The van der Waals surface area contributed by atoms with Crippen LogP contribution in [0.15, 0.2) is 88.8 Å². The van der Waals surface area contributed by atoms with Crippen LogP contribution in [-0.2, 0) is 12.3 Å². The van der Waals surface area contributed by atoms with Crippen molar-refractivity contribution in [3.8, 4) is 0 Å². The molecule has 2 aromatic heterocycles. The van der Waals surface area contributed by atoms with E-state index in [0.29, 0.717) is 23.1 Å². The number of thioether (sulfide) groups is 1. The minimum absolute atomic E-state index is 0.0609. The molecule has 6 nitrogen and oxygen atoms in total. The van der Waals surface area contributed by atoms with Crippen LogP contribution in [0.25, 0.3) is 22.1 Å². The molecule has 0 saturated carbocycles. The van der Waals surface area contributed by atoms with Crippen LogP contribution < -0.4 is 5.32 Å². The molecule has 0 spiro atoms. The standard InChI is InChI=1S/C25H22N4O2S/c30-24(26-14-7-15-29-17-27-20-10-3-5-12-22(20)29)19-9-2-1-8-18(19)16-32-25-28-21-11-4-6-13-23(21)31-25/h1-6,8-13,17H,7,14-16H2,(H,26,30). The smallest absolute Gasteiger partial charge is 0.257 e. The molecule has 1 amide bonds. The molecule has 7 heteroatoms. The fourth-order valence-electron chi connectivity index (χ4n) is 3.66. The van der Waals surface area contributed by atoms with Crippen molar-refractivity contribution in [1.82, 2.24) is 19.9 Å². The predicted molar refractivity (Wildman–Crippen MR) is 127 cm³/mol. The summed E-state index contributed by atoms with van der Waals surface area (Å²) in [5, 5.41) is 3.65. The van der Waals surface area contributed by atoms with E-state index in [1.807, 2.05) is 73.1 Å². The van der Waals surface area contributed by atoms with E-state index < -0.39 is 0 Å². The van der Waals surface area contributed by atoms with E-state index in [9.17, 15) is 4.79 Å². The van der Waals surface area contributed by atoms with Crippen molar-refractivity contribution in [1.29, 1.82) is 0 Å². The number of carbonyl (C=O) groups is 1. The number of rotatable bonds is 8. The lowest BCUT2D eigenvalue weighted by atomic mass is 10.1. The van der Waals surface area contributed by atoms with Gasteiger partial charge >= 0.3 is 0 Å². The summed E-state index contributed by atoms with van der Waals surface area (Å²) in [5.41, 5.74) is 5.35. The Balaban J connectivity index is 1.18. The number of nitrogens with one attached hydrogen (secondary N) is 1. The second-order valence-electron chi connectivity index (χ2n) is 7.43. The number of aryl methyl sites for hydroxylation is 1. The number of hydrogen-bond donors (Lipinski definition) is 1. The monoisotopic (exact) mass is 442 g/mol. The molecule has 5 rings (SSSR count). The predicted octanol–water partition coefficient (Wildman–Crippen LogP) is 5.29. The van der Waals surface area contributed by atoms with Gasteiger partial charge in [-0.25, -0.2) is 9.97 Å². The van der Waals surface area contributed by atoms with Crippen molar-refractivity contribution in [3.63, 3.8) is 0 Å². The first-order valence-corrected chi connectivity index (χ1v) is 11.5. The second kappa shape index (κ2) is 9.28. The molecule has 0 aliphatic carbocycles. The number of hydrogen-bond acceptors (Lipinski definition) is 5. The highest BCUT2D eigenvalue weighted by atomic mass is 32.2. The van der Waals surface area contributed by atoms with Gasteiger partial charge in [-0.05, 0) is 42.3 Å². The molecule has 0 bridgehead atoms. The highest BCUT2D eigenvalue weighted by Gasteiger charge is 2.13. The second-order valence-corrected chi connectivity index (χ2v) is 8.36. The van der Waals surface area contributed by atoms with Gasteiger partial charge in [-0.1, -0.05) is 54.2 Å². The fraction of sp³-hybridized carbons (Fsp3) is 0.160. The van der Waals surface area contributed by atoms with E-state index in [2.05, 4.69) is 25.9 Å². The maximum absolute atomic E-state index is 12.8. The molecule has 0 atom stereocenters. The number of para-hydroxylation sites is 4. The third kappa shape index (κ3) is 4.38. The zero-order chi connectivity index (χ0) is 21.8. The van der Waals surface area contributed by atoms with Crippen molar-refractivity contribution < 1.29 is 9.21 Å². The first kappa shape index (κ1) is 20.3. The van der Waals surface area contributed by atoms with Gasteiger partial charge in [0.2, 0.25) is 0 Å². The highest BCUT2D eigenvalue weighted by molar-refractivity contribution is 7.98. The van der Waals surface area contributed by atoms with Crippen molar-refractivity contribution in [2.45, 2.75) is 23.9 Å². The number of imidazole rings is 1. The fourth-order valence-corrected chi connectivity index (χ4v) is 4.50. The molecule has 0 aliphatic heterocycles. The SMILES string of the molecule is O=C(NCCCn1cnc2ccccc21)c1ccccc1CSc1nc2ccccc2o1. The zero-order valence-corrected chi connectivity index (χ0v) is 18.2. The molecule has 3 aromatic carbocycles. The zero-order valence-electron chi connectivity index (χ0n) is 17.4. The van der Waals surface area contributed by atoms with E-state index in [-0.39, 0.29) is 5.91 Å². The van der Waals surface area contributed by atoms with Gasteiger partial charge < -0.3 is 14.3 Å². The molecule has 1 N–H and O–H groups in total. The maximum atomic E-state index is 12.8. The average molecular weight is 443 g/mol. The van der Waals surface area contributed by atoms with Crippen LogP contribution in [-0.4, -0.2) is 27.0 Å². The molecule has 0 saturated heterocycles. The Hall–Kier alpha value is -3.58. The van der Waals surface area contributed by atoms with Crippen LogP contribution in [0.5, 0.6) is 0 Å². The summed E-state index contributed by atoms with van der Waals surface area (Å²) in [7, 11) is 0. The number of nitrogens with zero attached hydrogens (tertiary/aromatic N) is 3. The van der Waals surface area contributed by atoms with Crippen LogP contribution >= 0.6 is 11.8 Å². The summed E-state index contributed by atoms with van der Waals surface area (Å²) >= 11 is 1.49. The normalized spacial score (nSPS) is 11.2. The van der Waals surface area contributed by atoms with Crippen LogP contribution in [0.1, 0.15) is 22.3 Å². The largest absolute Gasteiger partial charge is 0.431 e. The van der Waals surface area contributed by atoms with Gasteiger partial charge in [-0.2, -0.15) is 0 Å². The number of benzene rings is 3. The summed E-state index contributed by atoms with van der Waals surface area (Å²) in [6.45, 7) is 1.40. The lowest BCUT2D eigenvalue weighted by Gasteiger charge is -2.10. The first-order chi connectivity index (χ1) is 15.8.